The quantitative estimate of drug-likeness (QED) is 0.821. The number of piperidine rings is 1. The Morgan fingerprint density at radius 3 is 3.17 bits per heavy atom. The molecule has 0 bridgehead atoms. The van der Waals surface area contributed by atoms with Crippen molar-refractivity contribution in [3.8, 4) is 0 Å². The normalized spacial score (nSPS) is 19.9. The van der Waals surface area contributed by atoms with E-state index in [9.17, 15) is 4.79 Å². The predicted octanol–water partition coefficient (Wildman–Crippen LogP) is 0.810. The predicted molar refractivity (Wildman–Crippen MR) is 67.3 cm³/mol. The number of hydrogen-bond acceptors (Lipinski definition) is 4. The van der Waals surface area contributed by atoms with Crippen molar-refractivity contribution in [1.82, 2.24) is 19.9 Å². The Balaban J connectivity index is 1.79. The van der Waals surface area contributed by atoms with Crippen LogP contribution in [-0.4, -0.2) is 33.1 Å². The Labute approximate surface area is 104 Å². The van der Waals surface area contributed by atoms with Gasteiger partial charge in [-0.2, -0.15) is 9.61 Å². The molecule has 3 heterocycles. The van der Waals surface area contributed by atoms with Gasteiger partial charge in [-0.05, 0) is 25.5 Å². The van der Waals surface area contributed by atoms with Gasteiger partial charge >= 0.3 is 0 Å². The summed E-state index contributed by atoms with van der Waals surface area (Å²) >= 11 is 0. The molecule has 1 atom stereocenters. The Kier molecular flexibility index (Phi) is 2.93. The van der Waals surface area contributed by atoms with Crippen molar-refractivity contribution in [3.05, 3.63) is 24.5 Å². The smallest absolute Gasteiger partial charge is 0.242 e. The molecule has 94 valence electrons. The molecule has 1 aliphatic heterocycles. The van der Waals surface area contributed by atoms with E-state index in [2.05, 4.69) is 20.7 Å². The number of rotatable bonds is 2. The zero-order valence-electron chi connectivity index (χ0n) is 9.97. The highest BCUT2D eigenvalue weighted by molar-refractivity contribution is 5.94. The van der Waals surface area contributed by atoms with Gasteiger partial charge in [0.25, 0.3) is 0 Å². The second-order valence-electron chi connectivity index (χ2n) is 4.42. The van der Waals surface area contributed by atoms with Gasteiger partial charge in [0.15, 0.2) is 5.65 Å². The van der Waals surface area contributed by atoms with Gasteiger partial charge < -0.3 is 10.6 Å². The largest absolute Gasteiger partial charge is 0.309 e. The second-order valence-corrected chi connectivity index (χ2v) is 4.42. The highest BCUT2D eigenvalue weighted by Gasteiger charge is 2.21. The van der Waals surface area contributed by atoms with Crippen LogP contribution in [0.3, 0.4) is 0 Å². The van der Waals surface area contributed by atoms with Crippen molar-refractivity contribution in [2.24, 2.45) is 0 Å². The topological polar surface area (TPSA) is 71.3 Å². The molecule has 1 aliphatic rings. The molecule has 0 radical (unpaired) electrons. The Bertz CT molecular complexity index is 558. The minimum Gasteiger partial charge on any atom is -0.309 e. The minimum absolute atomic E-state index is 0.00213. The number of anilines is 1. The van der Waals surface area contributed by atoms with Gasteiger partial charge in [0.2, 0.25) is 5.91 Å². The first-order valence-corrected chi connectivity index (χ1v) is 6.17. The van der Waals surface area contributed by atoms with Crippen molar-refractivity contribution >= 4 is 17.4 Å². The number of carbonyl (C=O) groups excluding carboxylic acids is 1. The third kappa shape index (κ3) is 2.06. The van der Waals surface area contributed by atoms with Crippen molar-refractivity contribution in [2.75, 3.05) is 11.9 Å². The standard InChI is InChI=1S/C12H15N5O/c18-12(9-3-1-2-6-13-9)16-11-4-7-14-10-5-8-15-17(10)11/h4-5,7-9,13H,1-3,6H2,(H,16,18). The van der Waals surface area contributed by atoms with Crippen LogP contribution in [0, 0.1) is 0 Å². The number of aromatic nitrogens is 3. The second kappa shape index (κ2) is 4.73. The molecule has 2 aromatic rings. The summed E-state index contributed by atoms with van der Waals surface area (Å²) in [6.07, 6.45) is 6.46. The first-order chi connectivity index (χ1) is 8.84. The Morgan fingerprint density at radius 2 is 2.33 bits per heavy atom. The molecule has 1 unspecified atom stereocenters. The van der Waals surface area contributed by atoms with Gasteiger partial charge in [-0.25, -0.2) is 4.98 Å². The molecule has 1 fully saturated rings. The van der Waals surface area contributed by atoms with E-state index < -0.39 is 0 Å². The zero-order chi connectivity index (χ0) is 12.4. The maximum absolute atomic E-state index is 12.1. The van der Waals surface area contributed by atoms with Crippen molar-refractivity contribution < 1.29 is 4.79 Å². The average molecular weight is 245 g/mol. The van der Waals surface area contributed by atoms with Crippen molar-refractivity contribution in [1.29, 1.82) is 0 Å². The van der Waals surface area contributed by atoms with E-state index in [0.29, 0.717) is 5.82 Å². The number of nitrogens with one attached hydrogen (secondary N) is 2. The molecule has 0 spiro atoms. The molecule has 0 aromatic carbocycles. The molecule has 1 amide bonds. The molecule has 6 nitrogen and oxygen atoms in total. The van der Waals surface area contributed by atoms with Gasteiger partial charge in [-0.1, -0.05) is 6.42 Å². The lowest BCUT2D eigenvalue weighted by Crippen LogP contribution is -2.43. The summed E-state index contributed by atoms with van der Waals surface area (Å²) in [4.78, 5) is 16.3. The van der Waals surface area contributed by atoms with Crippen LogP contribution in [-0.2, 0) is 4.79 Å². The number of amides is 1. The van der Waals surface area contributed by atoms with Crippen molar-refractivity contribution in [2.45, 2.75) is 25.3 Å². The fourth-order valence-electron chi connectivity index (χ4n) is 2.22. The van der Waals surface area contributed by atoms with E-state index in [0.717, 1.165) is 31.5 Å². The Hall–Kier alpha value is -1.95. The number of nitrogens with zero attached hydrogens (tertiary/aromatic N) is 3. The van der Waals surface area contributed by atoms with E-state index in [-0.39, 0.29) is 11.9 Å². The molecule has 0 aliphatic carbocycles. The first-order valence-electron chi connectivity index (χ1n) is 6.17. The van der Waals surface area contributed by atoms with E-state index in [1.54, 1.807) is 29.0 Å². The lowest BCUT2D eigenvalue weighted by molar-refractivity contribution is -0.118. The summed E-state index contributed by atoms with van der Waals surface area (Å²) in [5, 5.41) is 10.3. The van der Waals surface area contributed by atoms with Crippen LogP contribution in [0.2, 0.25) is 0 Å². The van der Waals surface area contributed by atoms with Crippen LogP contribution in [0.1, 0.15) is 19.3 Å². The summed E-state index contributed by atoms with van der Waals surface area (Å²) < 4.78 is 1.63. The highest BCUT2D eigenvalue weighted by atomic mass is 16.2. The van der Waals surface area contributed by atoms with Crippen molar-refractivity contribution in [3.63, 3.8) is 0 Å². The van der Waals surface area contributed by atoms with Gasteiger partial charge in [0.05, 0.1) is 12.2 Å². The lowest BCUT2D eigenvalue weighted by atomic mass is 10.0. The molecule has 18 heavy (non-hydrogen) atoms. The molecule has 6 heteroatoms. The fraction of sp³-hybridized carbons (Fsp3) is 0.417. The van der Waals surface area contributed by atoms with Crippen LogP contribution in [0.25, 0.3) is 5.65 Å². The lowest BCUT2D eigenvalue weighted by Gasteiger charge is -2.22. The summed E-state index contributed by atoms with van der Waals surface area (Å²) in [7, 11) is 0. The van der Waals surface area contributed by atoms with Gasteiger partial charge in [-0.3, -0.25) is 4.79 Å². The number of hydrogen-bond donors (Lipinski definition) is 2. The molecule has 3 rings (SSSR count). The fourth-order valence-corrected chi connectivity index (χ4v) is 2.22. The molecule has 2 aromatic heterocycles. The summed E-state index contributed by atoms with van der Waals surface area (Å²) in [6.45, 7) is 0.908. The number of fused-ring (bicyclic) bond motifs is 1. The zero-order valence-corrected chi connectivity index (χ0v) is 9.97. The minimum atomic E-state index is -0.0995. The highest BCUT2D eigenvalue weighted by Crippen LogP contribution is 2.12. The van der Waals surface area contributed by atoms with Crippen LogP contribution in [0.4, 0.5) is 5.82 Å². The molecule has 1 saturated heterocycles. The third-order valence-electron chi connectivity index (χ3n) is 3.17. The van der Waals surface area contributed by atoms with Crippen LogP contribution >= 0.6 is 0 Å². The van der Waals surface area contributed by atoms with Crippen LogP contribution in [0.15, 0.2) is 24.5 Å². The summed E-state index contributed by atoms with van der Waals surface area (Å²) in [6, 6.07) is 3.45. The third-order valence-corrected chi connectivity index (χ3v) is 3.17. The summed E-state index contributed by atoms with van der Waals surface area (Å²) in [5.74, 6) is 0.653. The average Bonchev–Trinajstić information content (AvgIpc) is 2.89. The van der Waals surface area contributed by atoms with Gasteiger partial charge in [0, 0.05) is 12.3 Å². The molecule has 2 N–H and O–H groups in total. The SMILES string of the molecule is O=C(Nc1ccnc2ccnn12)C1CCCCN1. The summed E-state index contributed by atoms with van der Waals surface area (Å²) in [5.41, 5.74) is 0.726. The van der Waals surface area contributed by atoms with E-state index >= 15 is 0 Å². The molecule has 0 saturated carbocycles. The van der Waals surface area contributed by atoms with Crippen LogP contribution in [0.5, 0.6) is 0 Å². The van der Waals surface area contributed by atoms with Gasteiger partial charge in [-0.15, -0.1) is 0 Å². The van der Waals surface area contributed by atoms with Crippen LogP contribution < -0.4 is 10.6 Å². The first kappa shape index (κ1) is 11.2. The Morgan fingerprint density at radius 1 is 1.39 bits per heavy atom. The monoisotopic (exact) mass is 245 g/mol. The molecular weight excluding hydrogens is 230 g/mol. The number of carbonyl (C=O) groups is 1. The van der Waals surface area contributed by atoms with Gasteiger partial charge in [0.1, 0.15) is 5.82 Å². The maximum atomic E-state index is 12.1. The molecular formula is C12H15N5O. The van der Waals surface area contributed by atoms with E-state index in [1.807, 2.05) is 0 Å². The van der Waals surface area contributed by atoms with E-state index in [1.165, 1.54) is 0 Å². The van der Waals surface area contributed by atoms with E-state index in [4.69, 9.17) is 0 Å². The maximum Gasteiger partial charge on any atom is 0.242 e.